The minimum absolute atomic E-state index is 0.0281. The number of para-hydroxylation sites is 1. The molecule has 0 atom stereocenters. The largest absolute Gasteiger partial charge is 0.490 e. The van der Waals surface area contributed by atoms with Crippen LogP contribution in [0.3, 0.4) is 0 Å². The van der Waals surface area contributed by atoms with Crippen LogP contribution in [0.2, 0.25) is 5.02 Å². The number of aromatic nitrogens is 2. The van der Waals surface area contributed by atoms with Gasteiger partial charge in [0.05, 0.1) is 6.61 Å². The van der Waals surface area contributed by atoms with Gasteiger partial charge in [0.15, 0.2) is 11.5 Å². The fourth-order valence-corrected chi connectivity index (χ4v) is 3.01. The molecule has 9 nitrogen and oxygen atoms in total. The lowest BCUT2D eigenvalue weighted by Gasteiger charge is -2.17. The van der Waals surface area contributed by atoms with Crippen molar-refractivity contribution >= 4 is 23.3 Å². The van der Waals surface area contributed by atoms with Gasteiger partial charge in [-0.05, 0) is 29.4 Å². The van der Waals surface area contributed by atoms with Gasteiger partial charge in [0, 0.05) is 35.8 Å². The Hall–Kier alpha value is -3.30. The van der Waals surface area contributed by atoms with Crippen LogP contribution in [0.1, 0.15) is 28.5 Å². The van der Waals surface area contributed by atoms with Crippen LogP contribution in [0, 0.1) is 0 Å². The Bertz CT molecular complexity index is 1010. The molecule has 0 unspecified atom stereocenters. The second kappa shape index (κ2) is 11.2. The highest BCUT2D eigenvalue weighted by Gasteiger charge is 2.15. The number of carbonyl (C=O) groups is 1. The second-order valence-corrected chi connectivity index (χ2v) is 6.90. The summed E-state index contributed by atoms with van der Waals surface area (Å²) in [6.45, 7) is 4.15. The van der Waals surface area contributed by atoms with Gasteiger partial charge < -0.3 is 25.8 Å². The quantitative estimate of drug-likeness (QED) is 0.385. The van der Waals surface area contributed by atoms with Gasteiger partial charge in [-0.3, -0.25) is 4.79 Å². The number of nitrogens with two attached hydrogens (primary N) is 1. The summed E-state index contributed by atoms with van der Waals surface area (Å²) in [5.41, 5.74) is 7.29. The summed E-state index contributed by atoms with van der Waals surface area (Å²) in [4.78, 5) is 11.9. The SMILES string of the molecule is CCOc1cccc(CNCCNC(=O)c2nonc2N)c1OCc1ccccc1Cl. The number of nitrogens with zero attached hydrogens (tertiary/aromatic N) is 2. The van der Waals surface area contributed by atoms with Gasteiger partial charge in [0.2, 0.25) is 11.5 Å². The van der Waals surface area contributed by atoms with Gasteiger partial charge >= 0.3 is 0 Å². The molecule has 2 aromatic carbocycles. The van der Waals surface area contributed by atoms with Crippen molar-refractivity contribution in [2.75, 3.05) is 25.4 Å². The maximum absolute atomic E-state index is 11.9. The van der Waals surface area contributed by atoms with E-state index in [-0.39, 0.29) is 11.5 Å². The smallest absolute Gasteiger partial charge is 0.277 e. The summed E-state index contributed by atoms with van der Waals surface area (Å²) in [6.07, 6.45) is 0. The standard InChI is InChI=1S/C21H24ClN5O4/c1-2-29-17-9-5-7-14(19(17)30-13-15-6-3-4-8-16(15)22)12-24-10-11-25-21(28)18-20(23)27-31-26-18/h3-9,24H,2,10-13H2,1H3,(H2,23,27)(H,25,28). The molecule has 0 aliphatic carbocycles. The van der Waals surface area contributed by atoms with E-state index < -0.39 is 5.91 Å². The Morgan fingerprint density at radius 1 is 1.10 bits per heavy atom. The highest BCUT2D eigenvalue weighted by Crippen LogP contribution is 2.32. The van der Waals surface area contributed by atoms with E-state index in [0.29, 0.717) is 49.4 Å². The third-order valence-electron chi connectivity index (χ3n) is 4.32. The highest BCUT2D eigenvalue weighted by molar-refractivity contribution is 6.31. The van der Waals surface area contributed by atoms with E-state index in [1.165, 1.54) is 0 Å². The van der Waals surface area contributed by atoms with Crippen LogP contribution in [-0.4, -0.2) is 35.9 Å². The molecule has 3 rings (SSSR count). The molecule has 0 radical (unpaired) electrons. The summed E-state index contributed by atoms with van der Waals surface area (Å²) < 4.78 is 16.2. The van der Waals surface area contributed by atoms with E-state index in [2.05, 4.69) is 25.6 Å². The van der Waals surface area contributed by atoms with Gasteiger partial charge in [0.25, 0.3) is 5.91 Å². The number of nitrogens with one attached hydrogen (secondary N) is 2. The third-order valence-corrected chi connectivity index (χ3v) is 4.69. The van der Waals surface area contributed by atoms with Crippen molar-refractivity contribution in [2.45, 2.75) is 20.1 Å². The fourth-order valence-electron chi connectivity index (χ4n) is 2.82. The highest BCUT2D eigenvalue weighted by atomic mass is 35.5. The van der Waals surface area contributed by atoms with Crippen molar-refractivity contribution in [1.82, 2.24) is 20.9 Å². The van der Waals surface area contributed by atoms with Crippen molar-refractivity contribution < 1.29 is 18.9 Å². The van der Waals surface area contributed by atoms with Crippen molar-refractivity contribution in [3.05, 3.63) is 64.3 Å². The lowest BCUT2D eigenvalue weighted by atomic mass is 10.1. The predicted octanol–water partition coefficient (Wildman–Crippen LogP) is 2.80. The van der Waals surface area contributed by atoms with Gasteiger partial charge in [0.1, 0.15) is 6.61 Å². The zero-order chi connectivity index (χ0) is 22.1. The Morgan fingerprint density at radius 2 is 1.90 bits per heavy atom. The van der Waals surface area contributed by atoms with E-state index in [1.807, 2.05) is 49.4 Å². The summed E-state index contributed by atoms with van der Waals surface area (Å²) in [6, 6.07) is 13.3. The molecule has 4 N–H and O–H groups in total. The topological polar surface area (TPSA) is 125 Å². The molecule has 0 spiro atoms. The molecule has 0 aliphatic rings. The number of rotatable bonds is 11. The average Bonchev–Trinajstić information content (AvgIpc) is 3.20. The summed E-state index contributed by atoms with van der Waals surface area (Å²) in [5, 5.41) is 13.5. The minimum Gasteiger partial charge on any atom is -0.490 e. The molecular weight excluding hydrogens is 422 g/mol. The van der Waals surface area contributed by atoms with Gasteiger partial charge in [-0.25, -0.2) is 4.63 Å². The van der Waals surface area contributed by atoms with Crippen LogP contribution in [0.25, 0.3) is 0 Å². The number of amides is 1. The van der Waals surface area contributed by atoms with Gasteiger partial charge in [-0.15, -0.1) is 0 Å². The summed E-state index contributed by atoms with van der Waals surface area (Å²) in [5.74, 6) is 0.833. The third kappa shape index (κ3) is 6.09. The molecule has 1 amide bonds. The number of hydrogen-bond donors (Lipinski definition) is 3. The van der Waals surface area contributed by atoms with Crippen LogP contribution in [0.4, 0.5) is 5.82 Å². The Balaban J connectivity index is 1.57. The van der Waals surface area contributed by atoms with E-state index >= 15 is 0 Å². The molecule has 0 bridgehead atoms. The minimum atomic E-state index is -0.442. The van der Waals surface area contributed by atoms with Crippen LogP contribution >= 0.6 is 11.6 Å². The number of carbonyl (C=O) groups excluding carboxylic acids is 1. The maximum Gasteiger partial charge on any atom is 0.277 e. The van der Waals surface area contributed by atoms with E-state index in [1.54, 1.807) is 0 Å². The molecule has 1 aromatic heterocycles. The number of anilines is 1. The lowest BCUT2D eigenvalue weighted by Crippen LogP contribution is -2.32. The van der Waals surface area contributed by atoms with Crippen LogP contribution in [0.5, 0.6) is 11.5 Å². The van der Waals surface area contributed by atoms with Gasteiger partial charge in [-0.2, -0.15) is 0 Å². The Labute approximate surface area is 184 Å². The molecular formula is C21H24ClN5O4. The number of nitrogen functional groups attached to an aromatic ring is 1. The van der Waals surface area contributed by atoms with E-state index in [9.17, 15) is 4.79 Å². The number of benzene rings is 2. The molecule has 0 fully saturated rings. The van der Waals surface area contributed by atoms with Gasteiger partial charge in [-0.1, -0.05) is 41.9 Å². The van der Waals surface area contributed by atoms with Crippen molar-refractivity contribution in [2.24, 2.45) is 0 Å². The molecule has 0 saturated heterocycles. The van der Waals surface area contributed by atoms with Crippen LogP contribution in [-0.2, 0) is 13.2 Å². The Morgan fingerprint density at radius 3 is 2.65 bits per heavy atom. The zero-order valence-electron chi connectivity index (χ0n) is 17.1. The molecule has 31 heavy (non-hydrogen) atoms. The number of halogens is 1. The first-order chi connectivity index (χ1) is 15.1. The monoisotopic (exact) mass is 445 g/mol. The first kappa shape index (κ1) is 22.4. The Kier molecular flexibility index (Phi) is 8.08. The van der Waals surface area contributed by atoms with Crippen LogP contribution in [0.15, 0.2) is 47.1 Å². The van der Waals surface area contributed by atoms with E-state index in [0.717, 1.165) is 11.1 Å². The number of ether oxygens (including phenoxy) is 2. The molecule has 3 aromatic rings. The van der Waals surface area contributed by atoms with Crippen molar-refractivity contribution in [3.63, 3.8) is 0 Å². The average molecular weight is 446 g/mol. The molecule has 0 aliphatic heterocycles. The molecule has 0 saturated carbocycles. The fraction of sp³-hybridized carbons (Fsp3) is 0.286. The van der Waals surface area contributed by atoms with E-state index in [4.69, 9.17) is 26.8 Å². The predicted molar refractivity (Wildman–Crippen MR) is 116 cm³/mol. The van der Waals surface area contributed by atoms with Crippen LogP contribution < -0.4 is 25.8 Å². The normalized spacial score (nSPS) is 10.6. The molecule has 10 heteroatoms. The zero-order valence-corrected chi connectivity index (χ0v) is 17.8. The lowest BCUT2D eigenvalue weighted by molar-refractivity contribution is 0.0944. The maximum atomic E-state index is 11.9. The summed E-state index contributed by atoms with van der Waals surface area (Å²) >= 11 is 6.24. The second-order valence-electron chi connectivity index (χ2n) is 6.49. The van der Waals surface area contributed by atoms with Crippen molar-refractivity contribution in [3.8, 4) is 11.5 Å². The number of hydrogen-bond acceptors (Lipinski definition) is 8. The first-order valence-electron chi connectivity index (χ1n) is 9.78. The molecule has 1 heterocycles. The first-order valence-corrected chi connectivity index (χ1v) is 10.2. The van der Waals surface area contributed by atoms with Crippen molar-refractivity contribution in [1.29, 1.82) is 0 Å². The molecule has 164 valence electrons. The summed E-state index contributed by atoms with van der Waals surface area (Å²) in [7, 11) is 0.